The highest BCUT2D eigenvalue weighted by molar-refractivity contribution is 7.22. The molecule has 8 nitrogen and oxygen atoms in total. The fraction of sp³-hybridized carbons (Fsp3) is 0.281. The van der Waals surface area contributed by atoms with Crippen molar-refractivity contribution < 1.29 is 28.9 Å². The number of hydrogen-bond donors (Lipinski definition) is 1. The lowest BCUT2D eigenvalue weighted by Gasteiger charge is -2.23. The Labute approximate surface area is 242 Å². The molecule has 1 saturated heterocycles. The summed E-state index contributed by atoms with van der Waals surface area (Å²) >= 11 is 1.28. The van der Waals surface area contributed by atoms with Crippen LogP contribution < -0.4 is 19.1 Å². The molecule has 212 valence electrons. The molecule has 0 bridgehead atoms. The van der Waals surface area contributed by atoms with E-state index in [0.717, 1.165) is 24.0 Å². The van der Waals surface area contributed by atoms with E-state index in [0.29, 0.717) is 52.2 Å². The van der Waals surface area contributed by atoms with Gasteiger partial charge in [-0.25, -0.2) is 4.98 Å². The number of methoxy groups -OCH3 is 1. The van der Waals surface area contributed by atoms with E-state index in [1.165, 1.54) is 16.2 Å². The van der Waals surface area contributed by atoms with Crippen LogP contribution in [0.2, 0.25) is 0 Å². The molecule has 41 heavy (non-hydrogen) atoms. The van der Waals surface area contributed by atoms with Crippen molar-refractivity contribution >= 4 is 44.1 Å². The van der Waals surface area contributed by atoms with Gasteiger partial charge in [0.25, 0.3) is 5.78 Å². The molecule has 3 aromatic carbocycles. The van der Waals surface area contributed by atoms with Crippen LogP contribution in [0, 0.1) is 0 Å². The second-order valence-electron chi connectivity index (χ2n) is 9.65. The van der Waals surface area contributed by atoms with Gasteiger partial charge >= 0.3 is 5.91 Å². The first-order valence-electron chi connectivity index (χ1n) is 13.7. The summed E-state index contributed by atoms with van der Waals surface area (Å²) in [6.45, 7) is 5.21. The summed E-state index contributed by atoms with van der Waals surface area (Å²) in [7, 11) is 1.58. The second-order valence-corrected chi connectivity index (χ2v) is 10.7. The molecule has 5 rings (SSSR count). The third kappa shape index (κ3) is 5.76. The number of rotatable bonds is 11. The fourth-order valence-electron chi connectivity index (χ4n) is 4.66. The third-order valence-electron chi connectivity index (χ3n) is 6.78. The average molecular weight is 573 g/mol. The van der Waals surface area contributed by atoms with Gasteiger partial charge in [0.05, 0.1) is 42.2 Å². The molecular weight excluding hydrogens is 540 g/mol. The number of nitrogens with zero attached hydrogens (tertiary/aromatic N) is 2. The highest BCUT2D eigenvalue weighted by Gasteiger charge is 2.48. The zero-order chi connectivity index (χ0) is 28.9. The van der Waals surface area contributed by atoms with Crippen molar-refractivity contribution in [3.05, 3.63) is 83.4 Å². The zero-order valence-electron chi connectivity index (χ0n) is 23.3. The maximum atomic E-state index is 13.6. The van der Waals surface area contributed by atoms with E-state index in [9.17, 15) is 14.7 Å². The molecule has 0 radical (unpaired) electrons. The van der Waals surface area contributed by atoms with Crippen molar-refractivity contribution in [2.75, 3.05) is 25.2 Å². The van der Waals surface area contributed by atoms with E-state index >= 15 is 0 Å². The minimum atomic E-state index is -0.901. The number of thiazole rings is 1. The minimum absolute atomic E-state index is 0.0147. The molecule has 1 aliphatic heterocycles. The number of hydrogen-bond acceptors (Lipinski definition) is 8. The molecule has 4 aromatic rings. The zero-order valence-corrected chi connectivity index (χ0v) is 24.1. The largest absolute Gasteiger partial charge is 0.507 e. The molecule has 9 heteroatoms. The molecule has 2 heterocycles. The topological polar surface area (TPSA) is 98.2 Å². The molecule has 1 amide bonds. The minimum Gasteiger partial charge on any atom is -0.507 e. The molecule has 1 unspecified atom stereocenters. The first-order valence-corrected chi connectivity index (χ1v) is 14.5. The van der Waals surface area contributed by atoms with Gasteiger partial charge in [0.1, 0.15) is 23.0 Å². The third-order valence-corrected chi connectivity index (χ3v) is 7.80. The van der Waals surface area contributed by atoms with Gasteiger partial charge in [-0.3, -0.25) is 14.5 Å². The van der Waals surface area contributed by atoms with Crippen molar-refractivity contribution in [2.45, 2.75) is 39.2 Å². The van der Waals surface area contributed by atoms with Gasteiger partial charge in [-0.15, -0.1) is 0 Å². The van der Waals surface area contributed by atoms with Gasteiger partial charge in [-0.05, 0) is 60.9 Å². The Balaban J connectivity index is 1.62. The summed E-state index contributed by atoms with van der Waals surface area (Å²) in [4.78, 5) is 33.3. The van der Waals surface area contributed by atoms with Crippen LogP contribution in [-0.2, 0) is 9.59 Å². The maximum absolute atomic E-state index is 13.6. The lowest BCUT2D eigenvalue weighted by atomic mass is 9.95. The van der Waals surface area contributed by atoms with E-state index in [-0.39, 0.29) is 11.3 Å². The number of ether oxygens (including phenoxy) is 3. The lowest BCUT2D eigenvalue weighted by molar-refractivity contribution is -0.132. The van der Waals surface area contributed by atoms with Crippen molar-refractivity contribution in [1.82, 2.24) is 4.98 Å². The molecule has 1 aromatic heterocycles. The second kappa shape index (κ2) is 12.4. The maximum Gasteiger partial charge on any atom is 0.301 e. The molecule has 1 fully saturated rings. The Morgan fingerprint density at radius 1 is 0.927 bits per heavy atom. The Morgan fingerprint density at radius 2 is 1.68 bits per heavy atom. The molecule has 0 spiro atoms. The summed E-state index contributed by atoms with van der Waals surface area (Å²) in [5.74, 6) is 0.0955. The molecule has 1 aliphatic rings. The Morgan fingerprint density at radius 3 is 2.41 bits per heavy atom. The quantitative estimate of drug-likeness (QED) is 0.0904. The normalized spacial score (nSPS) is 16.4. The van der Waals surface area contributed by atoms with E-state index in [1.54, 1.807) is 37.4 Å². The molecule has 1 N–H and O–H groups in total. The fourth-order valence-corrected chi connectivity index (χ4v) is 5.68. The summed E-state index contributed by atoms with van der Waals surface area (Å²) in [5.41, 5.74) is 1.69. The van der Waals surface area contributed by atoms with Gasteiger partial charge in [-0.1, -0.05) is 55.9 Å². The summed E-state index contributed by atoms with van der Waals surface area (Å²) in [6, 6.07) is 18.7. The van der Waals surface area contributed by atoms with Gasteiger partial charge in [0, 0.05) is 5.56 Å². The number of carbonyl (C=O) groups is 2. The summed E-state index contributed by atoms with van der Waals surface area (Å²) in [6.07, 6.45) is 2.78. The highest BCUT2D eigenvalue weighted by atomic mass is 32.1. The van der Waals surface area contributed by atoms with E-state index in [1.807, 2.05) is 43.3 Å². The number of amides is 1. The van der Waals surface area contributed by atoms with Crippen LogP contribution in [0.3, 0.4) is 0 Å². The number of anilines is 1. The molecule has 0 aliphatic carbocycles. The molecule has 1 atom stereocenters. The van der Waals surface area contributed by atoms with Gasteiger partial charge in [0.15, 0.2) is 5.13 Å². The van der Waals surface area contributed by atoms with Crippen LogP contribution in [0.25, 0.3) is 16.0 Å². The van der Waals surface area contributed by atoms with Gasteiger partial charge in [-0.2, -0.15) is 0 Å². The summed E-state index contributed by atoms with van der Waals surface area (Å²) < 4.78 is 17.7. The Kier molecular flexibility index (Phi) is 8.54. The van der Waals surface area contributed by atoms with Crippen molar-refractivity contribution in [3.63, 3.8) is 0 Å². The number of Topliss-reactive ketones (excluding diaryl/α,β-unsaturated/α-hetero) is 1. The number of aromatic nitrogens is 1. The Hall–Kier alpha value is -4.37. The van der Waals surface area contributed by atoms with Crippen LogP contribution in [-0.4, -0.2) is 42.1 Å². The molecular formula is C32H32N2O6S. The number of aliphatic hydroxyl groups excluding tert-OH is 1. The first kappa shape index (κ1) is 28.2. The van der Waals surface area contributed by atoms with Crippen LogP contribution >= 0.6 is 11.3 Å². The number of carbonyl (C=O) groups excluding carboxylic acids is 2. The van der Waals surface area contributed by atoms with Crippen LogP contribution in [0.15, 0.2) is 72.3 Å². The monoisotopic (exact) mass is 572 g/mol. The Bertz CT molecular complexity index is 1590. The smallest absolute Gasteiger partial charge is 0.301 e. The number of aliphatic hydroxyl groups is 1. The predicted molar refractivity (Wildman–Crippen MR) is 160 cm³/mol. The van der Waals surface area contributed by atoms with Crippen LogP contribution in [0.4, 0.5) is 5.13 Å². The summed E-state index contributed by atoms with van der Waals surface area (Å²) in [5, 5.41) is 11.9. The van der Waals surface area contributed by atoms with Crippen molar-refractivity contribution in [3.8, 4) is 17.2 Å². The van der Waals surface area contributed by atoms with Gasteiger partial charge < -0.3 is 19.3 Å². The number of benzene rings is 3. The van der Waals surface area contributed by atoms with E-state index in [2.05, 4.69) is 11.9 Å². The SMILES string of the molecule is CCCCOc1ccc(C2/C(=C(\O)c3cccc(OCCC)c3)C(=O)C(=O)N2c2nc3ccc(OC)cc3s2)cc1. The van der Waals surface area contributed by atoms with Crippen LogP contribution in [0.5, 0.6) is 17.2 Å². The van der Waals surface area contributed by atoms with Crippen molar-refractivity contribution in [1.29, 1.82) is 0 Å². The van der Waals surface area contributed by atoms with Crippen LogP contribution in [0.1, 0.15) is 50.3 Å². The lowest BCUT2D eigenvalue weighted by Crippen LogP contribution is -2.29. The van der Waals surface area contributed by atoms with E-state index < -0.39 is 17.7 Å². The standard InChI is InChI=1S/C32H32N2O6S/c1-4-6-17-40-22-12-10-20(11-13-22)28-27(29(35)21-8-7-9-24(18-21)39-16-5-2)30(36)31(37)34(28)32-33-25-15-14-23(38-3)19-26(25)41-32/h7-15,18-19,28,35H,4-6,16-17H2,1-3H3/b29-27+. The van der Waals surface area contributed by atoms with Gasteiger partial charge in [0.2, 0.25) is 0 Å². The first-order chi connectivity index (χ1) is 19.9. The predicted octanol–water partition coefficient (Wildman–Crippen LogP) is 6.90. The molecule has 0 saturated carbocycles. The highest BCUT2D eigenvalue weighted by Crippen LogP contribution is 2.45. The van der Waals surface area contributed by atoms with E-state index in [4.69, 9.17) is 14.2 Å². The number of ketones is 1. The average Bonchev–Trinajstić information content (AvgIpc) is 3.53. The number of fused-ring (bicyclic) bond motifs is 1. The number of unbranched alkanes of at least 4 members (excludes halogenated alkanes) is 1. The van der Waals surface area contributed by atoms with Crippen molar-refractivity contribution in [2.24, 2.45) is 0 Å².